The molecular weight excluding hydrogens is 316 g/mol. The molecule has 6 nitrogen and oxygen atoms in total. The molecule has 1 aliphatic rings. The predicted molar refractivity (Wildman–Crippen MR) is 95.7 cm³/mol. The molecule has 0 saturated heterocycles. The van der Waals surface area contributed by atoms with Crippen molar-refractivity contribution in [3.05, 3.63) is 53.2 Å². The van der Waals surface area contributed by atoms with Gasteiger partial charge < -0.3 is 10.6 Å². The lowest BCUT2D eigenvalue weighted by molar-refractivity contribution is 0.191. The van der Waals surface area contributed by atoms with Gasteiger partial charge >= 0.3 is 12.1 Å². The second-order valence-electron chi connectivity index (χ2n) is 5.81. The summed E-state index contributed by atoms with van der Waals surface area (Å²) >= 11 is 0. The Morgan fingerprint density at radius 3 is 2.88 bits per heavy atom. The maximum absolute atomic E-state index is 12.1. The van der Waals surface area contributed by atoms with Gasteiger partial charge in [0.25, 0.3) is 0 Å². The minimum atomic E-state index is -0.481. The van der Waals surface area contributed by atoms with Crippen molar-refractivity contribution in [2.45, 2.75) is 13.8 Å². The number of benzene rings is 2. The van der Waals surface area contributed by atoms with Crippen molar-refractivity contribution in [1.82, 2.24) is 15.5 Å². The number of carbonyl (C=O) groups excluding carboxylic acids is 2. The standard InChI is InChI=1S/C19H18N4O2/c1-3-21-18(24)23-11-14(10-22-19(23)25)15-8-7-13-6-4-5-12(2)17(13)16(15)9-20/h4-8,10H,3,11H2,1-2H3,(H,21,24)(H,22,25). The lowest BCUT2D eigenvalue weighted by Gasteiger charge is -2.26. The summed E-state index contributed by atoms with van der Waals surface area (Å²) in [4.78, 5) is 25.1. The fourth-order valence-electron chi connectivity index (χ4n) is 3.03. The highest BCUT2D eigenvalue weighted by Gasteiger charge is 2.27. The maximum Gasteiger partial charge on any atom is 0.329 e. The Bertz CT molecular complexity index is 940. The van der Waals surface area contributed by atoms with Gasteiger partial charge in [0.1, 0.15) is 6.07 Å². The Labute approximate surface area is 145 Å². The number of nitrogens with one attached hydrogen (secondary N) is 2. The number of nitrogens with zero attached hydrogens (tertiary/aromatic N) is 2. The van der Waals surface area contributed by atoms with Gasteiger partial charge in [0.15, 0.2) is 0 Å². The zero-order chi connectivity index (χ0) is 18.0. The van der Waals surface area contributed by atoms with Crippen LogP contribution in [0.15, 0.2) is 36.5 Å². The minimum Gasteiger partial charge on any atom is -0.338 e. The molecule has 0 radical (unpaired) electrons. The highest BCUT2D eigenvalue weighted by atomic mass is 16.2. The SMILES string of the molecule is CCNC(=O)N1CC(c2ccc3cccc(C)c3c2C#N)=CNC1=O. The van der Waals surface area contributed by atoms with E-state index in [1.54, 1.807) is 13.1 Å². The first-order valence-electron chi connectivity index (χ1n) is 8.04. The van der Waals surface area contributed by atoms with Gasteiger partial charge in [-0.05, 0) is 35.9 Å². The lowest BCUT2D eigenvalue weighted by Crippen LogP contribution is -2.50. The van der Waals surface area contributed by atoms with E-state index in [0.29, 0.717) is 17.7 Å². The van der Waals surface area contributed by atoms with Crippen LogP contribution in [0.25, 0.3) is 16.3 Å². The van der Waals surface area contributed by atoms with Gasteiger partial charge in [0, 0.05) is 18.1 Å². The molecule has 4 amide bonds. The molecule has 3 rings (SSSR count). The summed E-state index contributed by atoms with van der Waals surface area (Å²) in [5.41, 5.74) is 3.00. The molecule has 6 heteroatoms. The Morgan fingerprint density at radius 1 is 1.36 bits per heavy atom. The van der Waals surface area contributed by atoms with Crippen LogP contribution in [0, 0.1) is 18.3 Å². The number of amides is 4. The quantitative estimate of drug-likeness (QED) is 0.885. The van der Waals surface area contributed by atoms with Crippen molar-refractivity contribution in [2.75, 3.05) is 13.1 Å². The molecule has 1 heterocycles. The van der Waals surface area contributed by atoms with Crippen molar-refractivity contribution in [3.8, 4) is 6.07 Å². The van der Waals surface area contributed by atoms with Crippen LogP contribution in [-0.4, -0.2) is 30.1 Å². The fraction of sp³-hybridized carbons (Fsp3) is 0.211. The predicted octanol–water partition coefficient (Wildman–Crippen LogP) is 3.12. The largest absolute Gasteiger partial charge is 0.338 e. The number of carbonyl (C=O) groups is 2. The molecule has 25 heavy (non-hydrogen) atoms. The van der Waals surface area contributed by atoms with Crippen molar-refractivity contribution in [3.63, 3.8) is 0 Å². The summed E-state index contributed by atoms with van der Waals surface area (Å²) in [7, 11) is 0. The molecule has 0 bridgehead atoms. The average molecular weight is 334 g/mol. The van der Waals surface area contributed by atoms with Gasteiger partial charge in [-0.1, -0.05) is 30.3 Å². The van der Waals surface area contributed by atoms with Crippen LogP contribution in [0.2, 0.25) is 0 Å². The molecule has 0 atom stereocenters. The summed E-state index contributed by atoms with van der Waals surface area (Å²) in [5.74, 6) is 0. The molecule has 0 saturated carbocycles. The topological polar surface area (TPSA) is 85.2 Å². The van der Waals surface area contributed by atoms with Crippen LogP contribution in [-0.2, 0) is 0 Å². The summed E-state index contributed by atoms with van der Waals surface area (Å²) in [6.45, 7) is 4.30. The second-order valence-corrected chi connectivity index (χ2v) is 5.81. The van der Waals surface area contributed by atoms with E-state index in [2.05, 4.69) is 16.7 Å². The highest BCUT2D eigenvalue weighted by molar-refractivity contribution is 6.00. The van der Waals surface area contributed by atoms with E-state index in [9.17, 15) is 14.9 Å². The van der Waals surface area contributed by atoms with E-state index in [-0.39, 0.29) is 6.54 Å². The molecule has 0 spiro atoms. The molecule has 0 aromatic heterocycles. The van der Waals surface area contributed by atoms with Crippen molar-refractivity contribution < 1.29 is 9.59 Å². The first kappa shape index (κ1) is 16.5. The number of aryl methyl sites for hydroxylation is 1. The fourth-order valence-corrected chi connectivity index (χ4v) is 3.03. The van der Waals surface area contributed by atoms with Crippen LogP contribution in [0.5, 0.6) is 0 Å². The third-order valence-corrected chi connectivity index (χ3v) is 4.23. The van der Waals surface area contributed by atoms with Crippen LogP contribution < -0.4 is 10.6 Å². The number of urea groups is 2. The monoisotopic (exact) mass is 334 g/mol. The van der Waals surface area contributed by atoms with Gasteiger partial charge in [-0.2, -0.15) is 5.26 Å². The van der Waals surface area contributed by atoms with Gasteiger partial charge in [0.2, 0.25) is 0 Å². The number of rotatable bonds is 2. The van der Waals surface area contributed by atoms with E-state index in [1.165, 1.54) is 0 Å². The number of fused-ring (bicyclic) bond motifs is 1. The average Bonchev–Trinajstić information content (AvgIpc) is 2.61. The van der Waals surface area contributed by atoms with Crippen LogP contribution >= 0.6 is 0 Å². The zero-order valence-electron chi connectivity index (χ0n) is 14.1. The molecule has 2 N–H and O–H groups in total. The Kier molecular flexibility index (Phi) is 4.40. The van der Waals surface area contributed by atoms with E-state index in [1.807, 2.05) is 37.3 Å². The first-order chi connectivity index (χ1) is 12.1. The molecule has 126 valence electrons. The van der Waals surface area contributed by atoms with Crippen LogP contribution in [0.3, 0.4) is 0 Å². The normalized spacial score (nSPS) is 13.9. The van der Waals surface area contributed by atoms with Crippen molar-refractivity contribution >= 4 is 28.4 Å². The van der Waals surface area contributed by atoms with Crippen molar-refractivity contribution in [1.29, 1.82) is 5.26 Å². The van der Waals surface area contributed by atoms with Gasteiger partial charge in [-0.25, -0.2) is 14.5 Å². The minimum absolute atomic E-state index is 0.115. The Morgan fingerprint density at radius 2 is 2.16 bits per heavy atom. The highest BCUT2D eigenvalue weighted by Crippen LogP contribution is 2.30. The Balaban J connectivity index is 2.08. The van der Waals surface area contributed by atoms with Crippen LogP contribution in [0.4, 0.5) is 9.59 Å². The van der Waals surface area contributed by atoms with Gasteiger partial charge in [0.05, 0.1) is 12.1 Å². The Hall–Kier alpha value is -3.33. The van der Waals surface area contributed by atoms with E-state index in [4.69, 9.17) is 0 Å². The lowest BCUT2D eigenvalue weighted by atomic mass is 9.92. The summed E-state index contributed by atoms with van der Waals surface area (Å²) in [6.07, 6.45) is 1.57. The van der Waals surface area contributed by atoms with E-state index < -0.39 is 12.1 Å². The summed E-state index contributed by atoms with van der Waals surface area (Å²) < 4.78 is 0. The molecular formula is C19H18N4O2. The first-order valence-corrected chi connectivity index (χ1v) is 8.04. The molecule has 0 aliphatic carbocycles. The molecule has 0 unspecified atom stereocenters. The van der Waals surface area contributed by atoms with E-state index in [0.717, 1.165) is 26.8 Å². The number of imide groups is 1. The molecule has 2 aromatic rings. The maximum atomic E-state index is 12.1. The van der Waals surface area contributed by atoms with Crippen LogP contribution in [0.1, 0.15) is 23.6 Å². The number of nitriles is 1. The third-order valence-electron chi connectivity index (χ3n) is 4.23. The van der Waals surface area contributed by atoms with Gasteiger partial charge in [-0.15, -0.1) is 0 Å². The van der Waals surface area contributed by atoms with E-state index >= 15 is 0 Å². The molecule has 2 aromatic carbocycles. The number of hydrogen-bond acceptors (Lipinski definition) is 3. The van der Waals surface area contributed by atoms with Crippen molar-refractivity contribution in [2.24, 2.45) is 0 Å². The molecule has 0 fully saturated rings. The zero-order valence-corrected chi connectivity index (χ0v) is 14.1. The smallest absolute Gasteiger partial charge is 0.329 e. The second kappa shape index (κ2) is 6.65. The summed E-state index contributed by atoms with van der Waals surface area (Å²) in [6, 6.07) is 11.0. The van der Waals surface area contributed by atoms with Gasteiger partial charge in [-0.3, -0.25) is 0 Å². The number of hydrogen-bond donors (Lipinski definition) is 2. The molecule has 1 aliphatic heterocycles. The third kappa shape index (κ3) is 2.92. The summed E-state index contributed by atoms with van der Waals surface area (Å²) in [5, 5.41) is 16.8.